The minimum absolute atomic E-state index is 0.0330. The number of nitrogens with one attached hydrogen (secondary N) is 1. The van der Waals surface area contributed by atoms with Crippen LogP contribution in [0.4, 0.5) is 0 Å². The number of cyclic esters (lactones) is 1. The predicted molar refractivity (Wildman–Crippen MR) is 124 cm³/mol. The molecule has 2 aliphatic rings. The third-order valence-corrected chi connectivity index (χ3v) is 5.87. The molecular formula is C24H18ClN3O7. The maximum Gasteiger partial charge on any atom is 0.345 e. The summed E-state index contributed by atoms with van der Waals surface area (Å²) in [4.78, 5) is 52.5. The average Bonchev–Trinajstić information content (AvgIpc) is 2.80. The summed E-state index contributed by atoms with van der Waals surface area (Å²) in [6, 6.07) is 12.4. The van der Waals surface area contributed by atoms with Crippen LogP contribution >= 0.6 is 11.6 Å². The second-order valence-corrected chi connectivity index (χ2v) is 8.83. The quantitative estimate of drug-likeness (QED) is 0.516. The molecule has 2 aromatic carbocycles. The maximum absolute atomic E-state index is 13.7. The van der Waals surface area contributed by atoms with Crippen LogP contribution in [0.3, 0.4) is 0 Å². The number of aromatic nitrogens is 2. The van der Waals surface area contributed by atoms with Crippen LogP contribution in [-0.4, -0.2) is 27.4 Å². The van der Waals surface area contributed by atoms with Crippen LogP contribution < -0.4 is 16.9 Å². The normalized spacial score (nSPS) is 19.1. The van der Waals surface area contributed by atoms with E-state index in [1.165, 1.54) is 26.0 Å². The molecule has 1 unspecified atom stereocenters. The van der Waals surface area contributed by atoms with E-state index < -0.39 is 40.6 Å². The van der Waals surface area contributed by atoms with Gasteiger partial charge in [0.25, 0.3) is 22.8 Å². The Balaban J connectivity index is 1.73. The fourth-order valence-corrected chi connectivity index (χ4v) is 4.22. The van der Waals surface area contributed by atoms with Gasteiger partial charge in [0.2, 0.25) is 5.88 Å². The van der Waals surface area contributed by atoms with Crippen molar-refractivity contribution in [1.82, 2.24) is 9.78 Å². The monoisotopic (exact) mass is 495 g/mol. The van der Waals surface area contributed by atoms with E-state index in [-0.39, 0.29) is 27.9 Å². The molecule has 0 saturated carbocycles. The standard InChI is InChI=1S/C24H18ClN3O7/c1-24(2)34-22(32)17-15(11-7-9-12(25)10-8-11)16(18(26)33-23(17)35-24)21(31)28-20(30)14-6-4-3-5-13(14)19(29)27-28/h3-10,15H,26H2,1-2H3,(H,27,29). The molecule has 0 amide bonds. The first kappa shape index (κ1) is 22.5. The Hall–Kier alpha value is -4.31. The first-order valence-electron chi connectivity index (χ1n) is 10.5. The van der Waals surface area contributed by atoms with Gasteiger partial charge in [0.1, 0.15) is 5.57 Å². The van der Waals surface area contributed by atoms with Gasteiger partial charge >= 0.3 is 11.9 Å². The lowest BCUT2D eigenvalue weighted by atomic mass is 9.82. The Morgan fingerprint density at radius 3 is 2.37 bits per heavy atom. The zero-order chi connectivity index (χ0) is 25.1. The number of rotatable bonds is 2. The molecule has 10 nitrogen and oxygen atoms in total. The average molecular weight is 496 g/mol. The van der Waals surface area contributed by atoms with E-state index in [0.29, 0.717) is 15.3 Å². The molecule has 35 heavy (non-hydrogen) atoms. The van der Waals surface area contributed by atoms with Gasteiger partial charge in [0.05, 0.1) is 22.3 Å². The zero-order valence-corrected chi connectivity index (χ0v) is 19.2. The Kier molecular flexibility index (Phi) is 5.06. The van der Waals surface area contributed by atoms with Gasteiger partial charge in [-0.15, -0.1) is 0 Å². The van der Waals surface area contributed by atoms with Crippen LogP contribution in [0, 0.1) is 0 Å². The van der Waals surface area contributed by atoms with E-state index in [2.05, 4.69) is 5.10 Å². The molecule has 0 bridgehead atoms. The second kappa shape index (κ2) is 7.88. The number of carbonyl (C=O) groups is 2. The molecule has 1 atom stereocenters. The summed E-state index contributed by atoms with van der Waals surface area (Å²) in [6.45, 7) is 3.02. The Morgan fingerprint density at radius 1 is 1.03 bits per heavy atom. The Bertz CT molecular complexity index is 1600. The highest BCUT2D eigenvalue weighted by molar-refractivity contribution is 6.30. The highest BCUT2D eigenvalue weighted by atomic mass is 35.5. The largest absolute Gasteiger partial charge is 0.422 e. The number of fused-ring (bicyclic) bond motifs is 1. The molecule has 0 aliphatic carbocycles. The highest BCUT2D eigenvalue weighted by Crippen LogP contribution is 2.44. The lowest BCUT2D eigenvalue weighted by Crippen LogP contribution is -2.44. The van der Waals surface area contributed by atoms with Gasteiger partial charge in [-0.05, 0) is 29.8 Å². The number of halogens is 1. The van der Waals surface area contributed by atoms with Gasteiger partial charge in [-0.25, -0.2) is 4.79 Å². The molecular weight excluding hydrogens is 478 g/mol. The fourth-order valence-electron chi connectivity index (χ4n) is 4.10. The smallest absolute Gasteiger partial charge is 0.345 e. The van der Waals surface area contributed by atoms with Crippen molar-refractivity contribution < 1.29 is 23.8 Å². The number of hydrogen-bond donors (Lipinski definition) is 2. The van der Waals surface area contributed by atoms with E-state index in [4.69, 9.17) is 31.5 Å². The van der Waals surface area contributed by atoms with Gasteiger partial charge < -0.3 is 19.9 Å². The molecule has 2 aliphatic heterocycles. The van der Waals surface area contributed by atoms with Crippen molar-refractivity contribution >= 4 is 34.2 Å². The zero-order valence-electron chi connectivity index (χ0n) is 18.5. The minimum Gasteiger partial charge on any atom is -0.422 e. The lowest BCUT2D eigenvalue weighted by molar-refractivity contribution is -0.225. The SMILES string of the molecule is CC1(C)OC(=O)C2=C(OC(N)=C(C(=O)n3[nH]c(=O)c4ccccc4c3=O)C2c2ccc(Cl)cc2)O1. The molecule has 178 valence electrons. The third kappa shape index (κ3) is 3.68. The Labute approximate surface area is 202 Å². The third-order valence-electron chi connectivity index (χ3n) is 5.62. The lowest BCUT2D eigenvalue weighted by Gasteiger charge is -2.37. The maximum atomic E-state index is 13.7. The number of esters is 1. The van der Waals surface area contributed by atoms with E-state index in [1.807, 2.05) is 0 Å². The van der Waals surface area contributed by atoms with Crippen molar-refractivity contribution in [1.29, 1.82) is 0 Å². The number of aromatic amines is 1. The summed E-state index contributed by atoms with van der Waals surface area (Å²) in [5.41, 5.74) is 4.76. The molecule has 0 spiro atoms. The van der Waals surface area contributed by atoms with E-state index in [9.17, 15) is 19.2 Å². The first-order valence-corrected chi connectivity index (χ1v) is 10.8. The Morgan fingerprint density at radius 2 is 1.69 bits per heavy atom. The van der Waals surface area contributed by atoms with Crippen molar-refractivity contribution in [2.75, 3.05) is 0 Å². The predicted octanol–water partition coefficient (Wildman–Crippen LogP) is 2.49. The van der Waals surface area contributed by atoms with Gasteiger partial charge in [-0.3, -0.25) is 19.5 Å². The number of carbonyl (C=O) groups excluding carboxylic acids is 2. The van der Waals surface area contributed by atoms with E-state index in [0.717, 1.165) is 0 Å². The molecule has 11 heteroatoms. The first-order chi connectivity index (χ1) is 16.6. The molecule has 1 aromatic heterocycles. The van der Waals surface area contributed by atoms with Gasteiger partial charge in [0, 0.05) is 18.9 Å². The van der Waals surface area contributed by atoms with Crippen molar-refractivity contribution in [3.63, 3.8) is 0 Å². The van der Waals surface area contributed by atoms with Crippen LogP contribution in [0.5, 0.6) is 0 Å². The van der Waals surface area contributed by atoms with Crippen LogP contribution in [0.25, 0.3) is 10.8 Å². The summed E-state index contributed by atoms with van der Waals surface area (Å²) in [5.74, 6) is -4.90. The minimum atomic E-state index is -1.34. The molecule has 3 aromatic rings. The van der Waals surface area contributed by atoms with Crippen molar-refractivity contribution in [3.8, 4) is 0 Å². The van der Waals surface area contributed by atoms with Crippen molar-refractivity contribution in [2.24, 2.45) is 5.73 Å². The van der Waals surface area contributed by atoms with Crippen LogP contribution in [0.15, 0.2) is 81.1 Å². The summed E-state index contributed by atoms with van der Waals surface area (Å²) >= 11 is 6.03. The number of allylic oxidation sites excluding steroid dienone is 1. The molecule has 0 fully saturated rings. The molecule has 3 N–H and O–H groups in total. The van der Waals surface area contributed by atoms with Crippen LogP contribution in [0.1, 0.15) is 30.1 Å². The number of nitrogens with zero attached hydrogens (tertiary/aromatic N) is 1. The van der Waals surface area contributed by atoms with Crippen molar-refractivity contribution in [3.05, 3.63) is 103 Å². The van der Waals surface area contributed by atoms with Crippen molar-refractivity contribution in [2.45, 2.75) is 25.6 Å². The molecule has 5 rings (SSSR count). The summed E-state index contributed by atoms with van der Waals surface area (Å²) < 4.78 is 17.1. The molecule has 0 saturated heterocycles. The van der Waals surface area contributed by atoms with Gasteiger partial charge in [0.15, 0.2) is 0 Å². The summed E-state index contributed by atoms with van der Waals surface area (Å²) in [7, 11) is 0. The number of H-pyrrole nitrogens is 1. The number of ether oxygens (including phenoxy) is 3. The molecule has 0 radical (unpaired) electrons. The second-order valence-electron chi connectivity index (χ2n) is 8.39. The molecule has 3 heterocycles. The summed E-state index contributed by atoms with van der Waals surface area (Å²) in [5, 5.41) is 2.85. The van der Waals surface area contributed by atoms with E-state index >= 15 is 0 Å². The number of benzene rings is 2. The van der Waals surface area contributed by atoms with E-state index in [1.54, 1.807) is 36.4 Å². The van der Waals surface area contributed by atoms with Gasteiger partial charge in [-0.2, -0.15) is 4.68 Å². The van der Waals surface area contributed by atoms with Crippen LogP contribution in [0.2, 0.25) is 5.02 Å². The topological polar surface area (TPSA) is 143 Å². The van der Waals surface area contributed by atoms with Gasteiger partial charge in [-0.1, -0.05) is 35.9 Å². The van der Waals surface area contributed by atoms with Crippen LogP contribution in [-0.2, 0) is 19.0 Å². The highest BCUT2D eigenvalue weighted by Gasteiger charge is 2.48. The number of hydrogen-bond acceptors (Lipinski definition) is 8. The fraction of sp³-hybridized carbons (Fsp3) is 0.167. The number of nitrogens with two attached hydrogens (primary N) is 1. The summed E-state index contributed by atoms with van der Waals surface area (Å²) in [6.07, 6.45) is 0.